The Bertz CT molecular complexity index is 542. The molecule has 0 aromatic heterocycles. The van der Waals surface area contributed by atoms with Crippen LogP contribution < -0.4 is 16.2 Å². The maximum Gasteiger partial charge on any atom is 0.423 e. The van der Waals surface area contributed by atoms with Crippen LogP contribution in [0.2, 0.25) is 0 Å². The quantitative estimate of drug-likeness (QED) is 0.611. The summed E-state index contributed by atoms with van der Waals surface area (Å²) in [5.41, 5.74) is 3.49. The molecule has 8 heteroatoms. The molecule has 8 nitrogen and oxygen atoms in total. The highest BCUT2D eigenvalue weighted by atomic mass is 16.5. The van der Waals surface area contributed by atoms with Gasteiger partial charge in [0.05, 0.1) is 0 Å². The van der Waals surface area contributed by atoms with Crippen molar-refractivity contribution in [3.8, 4) is 0 Å². The van der Waals surface area contributed by atoms with Crippen molar-refractivity contribution in [1.29, 1.82) is 0 Å². The molecule has 0 spiro atoms. The van der Waals surface area contributed by atoms with Crippen molar-refractivity contribution in [2.24, 2.45) is 0 Å². The molecule has 0 unspecified atom stereocenters. The van der Waals surface area contributed by atoms with E-state index in [9.17, 15) is 14.4 Å². The molecule has 0 radical (unpaired) electrons. The van der Waals surface area contributed by atoms with E-state index in [-0.39, 0.29) is 6.61 Å². The van der Waals surface area contributed by atoms with Crippen LogP contribution in [-0.2, 0) is 16.1 Å². The Balaban J connectivity index is 1.79. The standard InChI is InChI=1S/C13H15N3O5/c17-10(15-16-11(18)19)13(6-7-13)14-12(20)21-8-9-4-2-1-3-5-9/h1-5,16H,6-8H2,(H,14,20)(H,15,17)(H,18,19). The van der Waals surface area contributed by atoms with E-state index < -0.39 is 23.6 Å². The number of amides is 3. The molecule has 0 heterocycles. The second-order valence-corrected chi connectivity index (χ2v) is 4.65. The number of carbonyl (C=O) groups is 3. The number of hydrogen-bond donors (Lipinski definition) is 4. The van der Waals surface area contributed by atoms with Gasteiger partial charge in [-0.1, -0.05) is 30.3 Å². The first-order valence-corrected chi connectivity index (χ1v) is 6.30. The molecule has 112 valence electrons. The summed E-state index contributed by atoms with van der Waals surface area (Å²) in [4.78, 5) is 33.7. The highest BCUT2D eigenvalue weighted by molar-refractivity contribution is 5.93. The molecule has 1 fully saturated rings. The fourth-order valence-electron chi connectivity index (χ4n) is 1.72. The molecule has 1 aromatic rings. The second-order valence-electron chi connectivity index (χ2n) is 4.65. The van der Waals surface area contributed by atoms with Crippen LogP contribution in [-0.4, -0.2) is 28.7 Å². The minimum absolute atomic E-state index is 0.0950. The molecule has 0 atom stereocenters. The zero-order chi connectivity index (χ0) is 15.3. The predicted molar refractivity (Wildman–Crippen MR) is 71.0 cm³/mol. The summed E-state index contributed by atoms with van der Waals surface area (Å²) in [6, 6.07) is 9.11. The summed E-state index contributed by atoms with van der Waals surface area (Å²) in [6.07, 6.45) is -1.24. The lowest BCUT2D eigenvalue weighted by molar-refractivity contribution is -0.124. The number of ether oxygens (including phenoxy) is 1. The smallest absolute Gasteiger partial charge is 0.423 e. The van der Waals surface area contributed by atoms with Crippen LogP contribution >= 0.6 is 0 Å². The lowest BCUT2D eigenvalue weighted by atomic mass is 10.2. The largest absolute Gasteiger partial charge is 0.464 e. The zero-order valence-electron chi connectivity index (χ0n) is 11.1. The Morgan fingerprint density at radius 1 is 1.14 bits per heavy atom. The lowest BCUT2D eigenvalue weighted by Gasteiger charge is -2.16. The van der Waals surface area contributed by atoms with Gasteiger partial charge in [0.15, 0.2) is 0 Å². The molecule has 0 aliphatic heterocycles. The fraction of sp³-hybridized carbons (Fsp3) is 0.308. The number of hydrazine groups is 1. The number of carbonyl (C=O) groups excluding carboxylic acids is 2. The summed E-state index contributed by atoms with van der Waals surface area (Å²) in [5, 5.41) is 10.9. The Hall–Kier alpha value is -2.77. The monoisotopic (exact) mass is 293 g/mol. The van der Waals surface area contributed by atoms with Gasteiger partial charge in [-0.15, -0.1) is 0 Å². The van der Waals surface area contributed by atoms with Gasteiger partial charge in [-0.25, -0.2) is 15.0 Å². The molecule has 21 heavy (non-hydrogen) atoms. The Labute approximate surface area is 120 Å². The molecule has 4 N–H and O–H groups in total. The Kier molecular flexibility index (Phi) is 4.27. The minimum Gasteiger partial charge on any atom is -0.464 e. The van der Waals surface area contributed by atoms with E-state index in [4.69, 9.17) is 9.84 Å². The van der Waals surface area contributed by atoms with Crippen molar-refractivity contribution >= 4 is 18.1 Å². The first kappa shape index (κ1) is 14.6. The van der Waals surface area contributed by atoms with Crippen LogP contribution in [0.4, 0.5) is 9.59 Å². The number of alkyl carbamates (subject to hydrolysis) is 1. The maximum atomic E-state index is 11.7. The maximum absolute atomic E-state index is 11.7. The van der Waals surface area contributed by atoms with Crippen LogP contribution in [0.5, 0.6) is 0 Å². The van der Waals surface area contributed by atoms with E-state index in [1.54, 1.807) is 5.43 Å². The Morgan fingerprint density at radius 3 is 2.38 bits per heavy atom. The fourth-order valence-corrected chi connectivity index (χ4v) is 1.72. The van der Waals surface area contributed by atoms with Gasteiger partial charge in [-0.2, -0.15) is 0 Å². The van der Waals surface area contributed by atoms with Gasteiger partial charge in [0.2, 0.25) is 0 Å². The molecular weight excluding hydrogens is 278 g/mol. The van der Waals surface area contributed by atoms with Crippen LogP contribution in [0.1, 0.15) is 18.4 Å². The molecule has 1 saturated carbocycles. The van der Waals surface area contributed by atoms with Gasteiger partial charge in [0.1, 0.15) is 12.1 Å². The number of carboxylic acid groups (broad SMARTS) is 1. The van der Waals surface area contributed by atoms with Crippen LogP contribution in [0.25, 0.3) is 0 Å². The summed E-state index contributed by atoms with van der Waals surface area (Å²) in [6.45, 7) is 0.0950. The molecule has 1 aliphatic rings. The summed E-state index contributed by atoms with van der Waals surface area (Å²) < 4.78 is 5.01. The van der Waals surface area contributed by atoms with Crippen molar-refractivity contribution in [2.75, 3.05) is 0 Å². The summed E-state index contributed by atoms with van der Waals surface area (Å²) >= 11 is 0. The summed E-state index contributed by atoms with van der Waals surface area (Å²) in [5.74, 6) is -0.610. The average Bonchev–Trinajstić information content (AvgIpc) is 3.24. The van der Waals surface area contributed by atoms with Gasteiger partial charge in [0.25, 0.3) is 5.91 Å². The third-order valence-electron chi connectivity index (χ3n) is 3.02. The third-order valence-corrected chi connectivity index (χ3v) is 3.02. The van der Waals surface area contributed by atoms with Gasteiger partial charge in [-0.3, -0.25) is 10.2 Å². The first-order chi connectivity index (χ1) is 10.0. The minimum atomic E-state index is -1.38. The number of benzene rings is 1. The predicted octanol–water partition coefficient (Wildman–Crippen LogP) is 0.744. The summed E-state index contributed by atoms with van der Waals surface area (Å²) in [7, 11) is 0. The van der Waals surface area contributed by atoms with Crippen molar-refractivity contribution in [3.05, 3.63) is 35.9 Å². The van der Waals surface area contributed by atoms with E-state index in [0.717, 1.165) is 5.56 Å². The van der Waals surface area contributed by atoms with Crippen LogP contribution in [0.15, 0.2) is 30.3 Å². The topological polar surface area (TPSA) is 117 Å². The van der Waals surface area contributed by atoms with E-state index in [0.29, 0.717) is 12.8 Å². The molecule has 1 aromatic carbocycles. The van der Waals surface area contributed by atoms with E-state index >= 15 is 0 Å². The molecule has 1 aliphatic carbocycles. The van der Waals surface area contributed by atoms with Crippen molar-refractivity contribution in [2.45, 2.75) is 25.0 Å². The lowest BCUT2D eigenvalue weighted by Crippen LogP contribution is -2.53. The van der Waals surface area contributed by atoms with Crippen molar-refractivity contribution in [3.63, 3.8) is 0 Å². The normalized spacial score (nSPS) is 14.7. The van der Waals surface area contributed by atoms with Crippen molar-refractivity contribution < 1.29 is 24.2 Å². The van der Waals surface area contributed by atoms with Gasteiger partial charge in [0, 0.05) is 0 Å². The molecule has 2 rings (SSSR count). The highest BCUT2D eigenvalue weighted by Crippen LogP contribution is 2.35. The molecule has 3 amide bonds. The molecule has 0 bridgehead atoms. The number of rotatable bonds is 4. The SMILES string of the molecule is O=C(O)NNC(=O)C1(NC(=O)OCc2ccccc2)CC1. The molecular formula is C13H15N3O5. The second kappa shape index (κ2) is 6.12. The van der Waals surface area contributed by atoms with Gasteiger partial charge < -0.3 is 15.2 Å². The number of nitrogens with one attached hydrogen (secondary N) is 3. The van der Waals surface area contributed by atoms with E-state index in [2.05, 4.69) is 5.32 Å². The van der Waals surface area contributed by atoms with Gasteiger partial charge >= 0.3 is 12.2 Å². The van der Waals surface area contributed by atoms with Crippen LogP contribution in [0, 0.1) is 0 Å². The Morgan fingerprint density at radius 2 is 1.81 bits per heavy atom. The highest BCUT2D eigenvalue weighted by Gasteiger charge is 2.52. The molecule has 0 saturated heterocycles. The number of hydrogen-bond acceptors (Lipinski definition) is 4. The zero-order valence-corrected chi connectivity index (χ0v) is 11.1. The van der Waals surface area contributed by atoms with E-state index in [1.165, 1.54) is 0 Å². The first-order valence-electron chi connectivity index (χ1n) is 6.30. The van der Waals surface area contributed by atoms with Crippen molar-refractivity contribution in [1.82, 2.24) is 16.2 Å². The average molecular weight is 293 g/mol. The third kappa shape index (κ3) is 4.10. The van der Waals surface area contributed by atoms with Crippen LogP contribution in [0.3, 0.4) is 0 Å². The van der Waals surface area contributed by atoms with Gasteiger partial charge in [-0.05, 0) is 18.4 Å². The van der Waals surface area contributed by atoms with E-state index in [1.807, 2.05) is 35.8 Å².